The molecular formula is C17H21F3N4O. The van der Waals surface area contributed by atoms with Crippen molar-refractivity contribution in [1.82, 2.24) is 14.5 Å². The lowest BCUT2D eigenvalue weighted by atomic mass is 10.0. The molecular weight excluding hydrogens is 333 g/mol. The largest absolute Gasteiger partial charge is 0.416 e. The molecule has 8 heteroatoms. The van der Waals surface area contributed by atoms with Gasteiger partial charge in [0.2, 0.25) is 0 Å². The minimum atomic E-state index is -4.39. The Hall–Kier alpha value is -2.35. The van der Waals surface area contributed by atoms with Gasteiger partial charge in [-0.3, -0.25) is 4.79 Å². The molecule has 1 N–H and O–H groups in total. The van der Waals surface area contributed by atoms with Gasteiger partial charge in [-0.15, -0.1) is 0 Å². The van der Waals surface area contributed by atoms with E-state index < -0.39 is 11.7 Å². The van der Waals surface area contributed by atoms with Gasteiger partial charge < -0.3 is 14.8 Å². The van der Waals surface area contributed by atoms with E-state index in [1.54, 1.807) is 31.3 Å². The molecule has 0 bridgehead atoms. The van der Waals surface area contributed by atoms with Gasteiger partial charge in [0.25, 0.3) is 5.56 Å². The molecule has 0 aliphatic carbocycles. The third-order valence-corrected chi connectivity index (χ3v) is 3.94. The molecule has 2 aromatic rings. The Labute approximate surface area is 144 Å². The molecule has 0 saturated heterocycles. The zero-order chi connectivity index (χ0) is 18.6. The number of alkyl halides is 3. The number of halogens is 3. The van der Waals surface area contributed by atoms with Crippen LogP contribution in [-0.4, -0.2) is 35.1 Å². The first-order chi connectivity index (χ1) is 11.7. The number of benzene rings is 1. The summed E-state index contributed by atoms with van der Waals surface area (Å²) in [6.45, 7) is 2.61. The van der Waals surface area contributed by atoms with E-state index in [9.17, 15) is 18.0 Å². The van der Waals surface area contributed by atoms with Crippen molar-refractivity contribution in [2.24, 2.45) is 0 Å². The Bertz CT molecular complexity index is 771. The fraction of sp³-hybridized carbons (Fsp3) is 0.412. The van der Waals surface area contributed by atoms with Crippen LogP contribution in [0.5, 0.6) is 0 Å². The van der Waals surface area contributed by atoms with E-state index in [2.05, 4.69) is 10.3 Å². The summed E-state index contributed by atoms with van der Waals surface area (Å²) in [7, 11) is 3.55. The van der Waals surface area contributed by atoms with Gasteiger partial charge in [-0.25, -0.2) is 4.98 Å². The summed E-state index contributed by atoms with van der Waals surface area (Å²) in [5.74, 6) is 0.183. The third kappa shape index (κ3) is 4.60. The second kappa shape index (κ2) is 7.69. The highest BCUT2D eigenvalue weighted by Gasteiger charge is 2.31. The van der Waals surface area contributed by atoms with Crippen LogP contribution in [0.3, 0.4) is 0 Å². The number of hydrogen-bond donors (Lipinski definition) is 1. The second-order valence-electron chi connectivity index (χ2n) is 5.85. The highest BCUT2D eigenvalue weighted by atomic mass is 19.4. The molecule has 0 radical (unpaired) electrons. The quantitative estimate of drug-likeness (QED) is 0.866. The van der Waals surface area contributed by atoms with Crippen LogP contribution in [0.2, 0.25) is 0 Å². The standard InChI is InChI=1S/C17H21F3N4O/c1-4-24-9-8-21-15(16(24)25)22-11-14(23(2)3)12-6-5-7-13(10-12)17(18,19)20/h5-10,14H,4,11H2,1-3H3,(H,21,22). The fourth-order valence-corrected chi connectivity index (χ4v) is 2.53. The van der Waals surface area contributed by atoms with E-state index in [0.717, 1.165) is 12.1 Å². The number of nitrogens with one attached hydrogen (secondary N) is 1. The van der Waals surface area contributed by atoms with Crippen LogP contribution in [-0.2, 0) is 12.7 Å². The van der Waals surface area contributed by atoms with E-state index >= 15 is 0 Å². The summed E-state index contributed by atoms with van der Waals surface area (Å²) in [5, 5.41) is 2.96. The normalized spacial score (nSPS) is 13.1. The van der Waals surface area contributed by atoms with Crippen molar-refractivity contribution in [3.63, 3.8) is 0 Å². The van der Waals surface area contributed by atoms with Crippen molar-refractivity contribution in [3.05, 3.63) is 58.1 Å². The zero-order valence-corrected chi connectivity index (χ0v) is 14.3. The molecule has 0 aliphatic rings. The predicted molar refractivity (Wildman–Crippen MR) is 90.5 cm³/mol. The predicted octanol–water partition coefficient (Wildman–Crippen LogP) is 3.00. The summed E-state index contributed by atoms with van der Waals surface area (Å²) >= 11 is 0. The molecule has 1 unspecified atom stereocenters. The smallest absolute Gasteiger partial charge is 0.364 e. The highest BCUT2D eigenvalue weighted by molar-refractivity contribution is 5.34. The molecule has 1 aromatic heterocycles. The van der Waals surface area contributed by atoms with Crippen molar-refractivity contribution in [3.8, 4) is 0 Å². The average Bonchev–Trinajstić information content (AvgIpc) is 2.55. The maximum absolute atomic E-state index is 12.9. The van der Waals surface area contributed by atoms with Gasteiger partial charge in [0.05, 0.1) is 11.6 Å². The zero-order valence-electron chi connectivity index (χ0n) is 14.3. The van der Waals surface area contributed by atoms with Crippen LogP contribution < -0.4 is 10.9 Å². The minimum absolute atomic E-state index is 0.183. The van der Waals surface area contributed by atoms with Gasteiger partial charge in [0.1, 0.15) is 0 Å². The molecule has 0 saturated carbocycles. The highest BCUT2D eigenvalue weighted by Crippen LogP contribution is 2.31. The Morgan fingerprint density at radius 3 is 2.64 bits per heavy atom. The summed E-state index contributed by atoms with van der Waals surface area (Å²) in [4.78, 5) is 18.0. The van der Waals surface area contributed by atoms with Crippen molar-refractivity contribution in [2.45, 2.75) is 25.7 Å². The molecule has 2 rings (SSSR count). The first-order valence-corrected chi connectivity index (χ1v) is 7.87. The SMILES string of the molecule is CCn1ccnc(NCC(c2cccc(C(F)(F)F)c2)N(C)C)c1=O. The maximum atomic E-state index is 12.9. The van der Waals surface area contributed by atoms with Gasteiger partial charge in [-0.2, -0.15) is 13.2 Å². The van der Waals surface area contributed by atoms with Gasteiger partial charge in [0.15, 0.2) is 5.82 Å². The molecule has 0 amide bonds. The number of likely N-dealkylation sites (N-methyl/N-ethyl adjacent to an activating group) is 1. The monoisotopic (exact) mass is 354 g/mol. The lowest BCUT2D eigenvalue weighted by Crippen LogP contribution is -2.30. The van der Waals surface area contributed by atoms with E-state index in [4.69, 9.17) is 0 Å². The molecule has 136 valence electrons. The first kappa shape index (κ1) is 19.0. The molecule has 1 aromatic carbocycles. The average molecular weight is 354 g/mol. The Morgan fingerprint density at radius 2 is 2.04 bits per heavy atom. The van der Waals surface area contributed by atoms with Crippen LogP contribution in [0.1, 0.15) is 24.1 Å². The number of aromatic nitrogens is 2. The molecule has 0 fully saturated rings. The number of hydrogen-bond acceptors (Lipinski definition) is 4. The molecule has 0 aliphatic heterocycles. The number of anilines is 1. The maximum Gasteiger partial charge on any atom is 0.416 e. The van der Waals surface area contributed by atoms with Crippen molar-refractivity contribution >= 4 is 5.82 Å². The van der Waals surface area contributed by atoms with E-state index in [1.807, 2.05) is 6.92 Å². The lowest BCUT2D eigenvalue weighted by Gasteiger charge is -2.26. The van der Waals surface area contributed by atoms with Gasteiger partial charge in [0, 0.05) is 25.5 Å². The first-order valence-electron chi connectivity index (χ1n) is 7.87. The van der Waals surface area contributed by atoms with Crippen LogP contribution in [0.25, 0.3) is 0 Å². The van der Waals surface area contributed by atoms with Gasteiger partial charge in [-0.05, 0) is 38.7 Å². The Kier molecular flexibility index (Phi) is 5.84. The van der Waals surface area contributed by atoms with E-state index in [0.29, 0.717) is 12.1 Å². The fourth-order valence-electron chi connectivity index (χ4n) is 2.53. The number of rotatable bonds is 6. The van der Waals surface area contributed by atoms with E-state index in [-0.39, 0.29) is 24.0 Å². The number of aryl methyl sites for hydroxylation is 1. The summed E-state index contributed by atoms with van der Waals surface area (Å²) < 4.78 is 40.3. The third-order valence-electron chi connectivity index (χ3n) is 3.94. The minimum Gasteiger partial charge on any atom is -0.364 e. The van der Waals surface area contributed by atoms with Crippen molar-refractivity contribution in [2.75, 3.05) is 26.0 Å². The molecule has 1 heterocycles. The van der Waals surface area contributed by atoms with Crippen LogP contribution >= 0.6 is 0 Å². The second-order valence-corrected chi connectivity index (χ2v) is 5.85. The summed E-state index contributed by atoms with van der Waals surface area (Å²) in [6, 6.07) is 4.86. The van der Waals surface area contributed by atoms with Gasteiger partial charge in [-0.1, -0.05) is 12.1 Å². The summed E-state index contributed by atoms with van der Waals surface area (Å²) in [6.07, 6.45) is -1.29. The van der Waals surface area contributed by atoms with E-state index in [1.165, 1.54) is 16.8 Å². The molecule has 1 atom stereocenters. The Morgan fingerprint density at radius 1 is 1.32 bits per heavy atom. The molecule has 25 heavy (non-hydrogen) atoms. The van der Waals surface area contributed by atoms with Crippen molar-refractivity contribution < 1.29 is 13.2 Å². The Balaban J connectivity index is 2.24. The summed E-state index contributed by atoms with van der Waals surface area (Å²) in [5.41, 5.74) is -0.436. The van der Waals surface area contributed by atoms with Crippen LogP contribution in [0.15, 0.2) is 41.5 Å². The van der Waals surface area contributed by atoms with Crippen LogP contribution in [0.4, 0.5) is 19.0 Å². The molecule has 5 nitrogen and oxygen atoms in total. The lowest BCUT2D eigenvalue weighted by molar-refractivity contribution is -0.137. The topological polar surface area (TPSA) is 50.2 Å². The number of nitrogens with zero attached hydrogens (tertiary/aromatic N) is 3. The molecule has 0 spiro atoms. The van der Waals surface area contributed by atoms with Gasteiger partial charge >= 0.3 is 6.18 Å². The van der Waals surface area contributed by atoms with Crippen molar-refractivity contribution in [1.29, 1.82) is 0 Å². The van der Waals surface area contributed by atoms with Crippen LogP contribution in [0, 0.1) is 0 Å².